The van der Waals surface area contributed by atoms with E-state index in [2.05, 4.69) is 25.2 Å². The van der Waals surface area contributed by atoms with E-state index in [1.807, 2.05) is 0 Å². The summed E-state index contributed by atoms with van der Waals surface area (Å²) in [4.78, 5) is 18.6. The van der Waals surface area contributed by atoms with Crippen molar-refractivity contribution in [3.8, 4) is 22.8 Å². The van der Waals surface area contributed by atoms with E-state index in [1.54, 1.807) is 11.8 Å². The van der Waals surface area contributed by atoms with E-state index in [9.17, 15) is 48.5 Å². The van der Waals surface area contributed by atoms with E-state index in [0.29, 0.717) is 15.9 Å². The first-order valence-corrected chi connectivity index (χ1v) is 14.4. The van der Waals surface area contributed by atoms with Crippen LogP contribution in [0.15, 0.2) is 24.7 Å². The number of hydrogen-bond acceptors (Lipinski definition) is 6. The largest absolute Gasteiger partial charge is 0.443 e. The zero-order valence-electron chi connectivity index (χ0n) is 22.8. The fourth-order valence-electron chi connectivity index (χ4n) is 4.40. The SMILES string of the molecule is C=S(=O)(Oc1nn(C)c(-n2cc(-c3cnc(Cl)c(C(=O)N(CC)C4CC4)c3)cn2)c1C(F)(F)F)C(F)(C(C)(F)F)C(F)(F)F. The van der Waals surface area contributed by atoms with Crippen LogP contribution < -0.4 is 4.18 Å². The number of alkyl halides is 9. The molecule has 1 aliphatic rings. The van der Waals surface area contributed by atoms with E-state index in [4.69, 9.17) is 11.6 Å². The Labute approximate surface area is 248 Å². The average molecular weight is 681 g/mol. The lowest BCUT2D eigenvalue weighted by Crippen LogP contribution is -2.60. The minimum atomic E-state index is -6.59. The summed E-state index contributed by atoms with van der Waals surface area (Å²) in [7, 11) is -5.38. The molecule has 1 aliphatic carbocycles. The van der Waals surface area contributed by atoms with E-state index >= 15 is 0 Å². The van der Waals surface area contributed by atoms with Crippen molar-refractivity contribution in [2.75, 3.05) is 6.54 Å². The van der Waals surface area contributed by atoms with Gasteiger partial charge in [-0.3, -0.25) is 4.79 Å². The van der Waals surface area contributed by atoms with Crippen molar-refractivity contribution in [1.29, 1.82) is 0 Å². The van der Waals surface area contributed by atoms with Crippen LogP contribution in [0.4, 0.5) is 39.5 Å². The number of pyridine rings is 1. The van der Waals surface area contributed by atoms with Crippen molar-refractivity contribution < 1.29 is 52.7 Å². The molecule has 1 fully saturated rings. The van der Waals surface area contributed by atoms with Gasteiger partial charge in [0.1, 0.15) is 5.15 Å². The first kappa shape index (κ1) is 33.4. The van der Waals surface area contributed by atoms with Crippen LogP contribution in [0.3, 0.4) is 0 Å². The van der Waals surface area contributed by atoms with E-state index < -0.39 is 63.2 Å². The molecule has 0 saturated heterocycles. The molecule has 3 aromatic heterocycles. The molecule has 0 aromatic carbocycles. The number of halogens is 10. The third-order valence-electron chi connectivity index (χ3n) is 6.63. The predicted octanol–water partition coefficient (Wildman–Crippen LogP) is 5.86. The average Bonchev–Trinajstić information content (AvgIpc) is 3.49. The van der Waals surface area contributed by atoms with Gasteiger partial charge in [-0.2, -0.15) is 31.4 Å². The fraction of sp³-hybridized carbons (Fsp3) is 0.458. The summed E-state index contributed by atoms with van der Waals surface area (Å²) in [5, 5.41) is 0.905. The molecule has 4 rings (SSSR count). The highest BCUT2D eigenvalue weighted by Crippen LogP contribution is 2.50. The lowest BCUT2D eigenvalue weighted by molar-refractivity contribution is -0.260. The smallest absolute Gasteiger partial charge is 0.383 e. The maximum Gasteiger partial charge on any atom is 0.443 e. The van der Waals surface area contributed by atoms with Gasteiger partial charge in [-0.25, -0.2) is 31.7 Å². The summed E-state index contributed by atoms with van der Waals surface area (Å²) in [6, 6.07) is 1.38. The molecule has 1 saturated carbocycles. The summed E-state index contributed by atoms with van der Waals surface area (Å²) < 4.78 is 143. The Morgan fingerprint density at radius 2 is 1.75 bits per heavy atom. The first-order valence-electron chi connectivity index (χ1n) is 12.4. The molecule has 44 heavy (non-hydrogen) atoms. The lowest BCUT2D eigenvalue weighted by Gasteiger charge is -2.34. The van der Waals surface area contributed by atoms with Crippen LogP contribution in [-0.2, 0) is 23.0 Å². The van der Waals surface area contributed by atoms with Gasteiger partial charge >= 0.3 is 23.3 Å². The van der Waals surface area contributed by atoms with Crippen LogP contribution in [0.25, 0.3) is 16.9 Å². The van der Waals surface area contributed by atoms with E-state index in [-0.39, 0.29) is 27.9 Å². The molecule has 0 spiro atoms. The second-order valence-corrected chi connectivity index (χ2v) is 12.2. The van der Waals surface area contributed by atoms with Gasteiger partial charge in [0.05, 0.1) is 11.8 Å². The summed E-state index contributed by atoms with van der Waals surface area (Å²) in [5.74, 6) is -6.60. The maximum absolute atomic E-state index is 14.8. The van der Waals surface area contributed by atoms with Crippen LogP contribution in [0, 0.1) is 0 Å². The highest BCUT2D eigenvalue weighted by Gasteiger charge is 2.76. The third kappa shape index (κ3) is 5.70. The summed E-state index contributed by atoms with van der Waals surface area (Å²) in [6.45, 7) is 1.58. The number of aromatic nitrogens is 5. The van der Waals surface area contributed by atoms with Crippen molar-refractivity contribution >= 4 is 33.2 Å². The zero-order chi connectivity index (χ0) is 33.2. The van der Waals surface area contributed by atoms with Gasteiger partial charge in [0.25, 0.3) is 11.8 Å². The number of amides is 1. The monoisotopic (exact) mass is 680 g/mol. The number of rotatable bonds is 9. The minimum absolute atomic E-state index is 0.00942. The standard InChI is InChI=1S/C24H22ClF9N6O3S/c1-5-39(14-6-7-14)20(41)15-8-12(9-35-17(15)25)13-10-36-40(11-13)19-16(22(28,29)30)18(37-38(19)3)43-44(4,42)23(31,21(2,26)27)24(32,33)34/h8-11,14H,4-7H2,1-3H3. The topological polar surface area (TPSA) is 95.1 Å². The molecule has 0 bridgehead atoms. The Balaban J connectivity index is 1.78. The Hall–Kier alpha value is -3.48. The van der Waals surface area contributed by atoms with E-state index in [0.717, 1.165) is 32.3 Å². The van der Waals surface area contributed by atoms with Gasteiger partial charge in [0, 0.05) is 50.1 Å². The lowest BCUT2D eigenvalue weighted by atomic mass is 10.1. The van der Waals surface area contributed by atoms with Crippen molar-refractivity contribution in [3.63, 3.8) is 0 Å². The van der Waals surface area contributed by atoms with Gasteiger partial charge in [0.15, 0.2) is 21.2 Å². The number of carbonyl (C=O) groups is 1. The van der Waals surface area contributed by atoms with Gasteiger partial charge in [-0.1, -0.05) is 11.6 Å². The van der Waals surface area contributed by atoms with Crippen LogP contribution in [0.5, 0.6) is 5.88 Å². The molecule has 20 heteroatoms. The number of nitrogens with zero attached hydrogens (tertiary/aromatic N) is 6. The molecule has 9 nitrogen and oxygen atoms in total. The van der Waals surface area contributed by atoms with Gasteiger partial charge in [-0.05, 0) is 31.7 Å². The number of hydrogen-bond donors (Lipinski definition) is 0. The number of carbonyl (C=O) groups excluding carboxylic acids is 1. The molecule has 0 radical (unpaired) electrons. The van der Waals surface area contributed by atoms with Crippen LogP contribution >= 0.6 is 11.6 Å². The Morgan fingerprint density at radius 1 is 1.14 bits per heavy atom. The summed E-state index contributed by atoms with van der Waals surface area (Å²) in [6.07, 6.45) is -7.27. The summed E-state index contributed by atoms with van der Waals surface area (Å²) >= 11 is 6.14. The molecule has 0 N–H and O–H groups in total. The van der Waals surface area contributed by atoms with Gasteiger partial charge in [0.2, 0.25) is 0 Å². The molecule has 0 aliphatic heterocycles. The highest BCUT2D eigenvalue weighted by molar-refractivity contribution is 7.97. The minimum Gasteiger partial charge on any atom is -0.383 e. The van der Waals surface area contributed by atoms with Crippen LogP contribution in [0.1, 0.15) is 42.6 Å². The molecule has 2 unspecified atom stereocenters. The molecule has 242 valence electrons. The van der Waals surface area contributed by atoms with Crippen molar-refractivity contribution in [3.05, 3.63) is 40.9 Å². The highest BCUT2D eigenvalue weighted by atomic mass is 35.5. The summed E-state index contributed by atoms with van der Waals surface area (Å²) in [5.41, 5.74) is -1.75. The molecule has 3 aromatic rings. The van der Waals surface area contributed by atoms with Gasteiger partial charge in [-0.15, -0.1) is 5.10 Å². The zero-order valence-corrected chi connectivity index (χ0v) is 24.4. The van der Waals surface area contributed by atoms with Crippen molar-refractivity contribution in [2.24, 2.45) is 7.05 Å². The van der Waals surface area contributed by atoms with Crippen LogP contribution in [0.2, 0.25) is 5.15 Å². The normalized spacial score (nSPS) is 17.2. The molecular formula is C24H22ClF9N6O3S. The molecular weight excluding hydrogens is 659 g/mol. The quantitative estimate of drug-likeness (QED) is 0.160. The maximum atomic E-state index is 14.8. The van der Waals surface area contributed by atoms with Crippen LogP contribution in [-0.4, -0.2) is 75.1 Å². The Kier molecular flexibility index (Phi) is 8.24. The third-order valence-corrected chi connectivity index (χ3v) is 8.81. The molecule has 1 amide bonds. The second kappa shape index (κ2) is 10.8. The second-order valence-electron chi connectivity index (χ2n) is 9.86. The predicted molar refractivity (Wildman–Crippen MR) is 140 cm³/mol. The Morgan fingerprint density at radius 3 is 2.25 bits per heavy atom. The van der Waals surface area contributed by atoms with Gasteiger partial charge < -0.3 is 9.08 Å². The first-order chi connectivity index (χ1) is 20.0. The van der Waals surface area contributed by atoms with Crippen molar-refractivity contribution in [2.45, 2.75) is 56.0 Å². The molecule has 3 heterocycles. The van der Waals surface area contributed by atoms with E-state index in [1.165, 1.54) is 12.3 Å². The van der Waals surface area contributed by atoms with Crippen molar-refractivity contribution in [1.82, 2.24) is 29.4 Å². The Bertz CT molecular complexity index is 1680. The number of aryl methyl sites for hydroxylation is 1. The molecule has 2 atom stereocenters. The fourth-order valence-corrected chi connectivity index (χ4v) is 5.97.